The van der Waals surface area contributed by atoms with Crippen LogP contribution >= 0.6 is 0 Å². The number of nitrogens with two attached hydrogens (primary N) is 1. The molecule has 4 heterocycles. The Kier molecular flexibility index (Phi) is 14.0. The highest BCUT2D eigenvalue weighted by Gasteiger charge is 2.40. The fourth-order valence-corrected chi connectivity index (χ4v) is 11.9. The normalized spacial score (nSPS) is 19.6. The summed E-state index contributed by atoms with van der Waals surface area (Å²) in [5.74, 6) is 6.55. The molecule has 4 aromatic rings. The van der Waals surface area contributed by atoms with Gasteiger partial charge in [-0.1, -0.05) is 105 Å². The van der Waals surface area contributed by atoms with Crippen molar-refractivity contribution in [1.82, 2.24) is 0 Å². The minimum absolute atomic E-state index is 0.00443. The van der Waals surface area contributed by atoms with E-state index in [1.54, 1.807) is 0 Å². The number of hydrogen-bond donors (Lipinski definition) is 1. The summed E-state index contributed by atoms with van der Waals surface area (Å²) in [6.45, 7) is 16.1. The lowest BCUT2D eigenvalue weighted by molar-refractivity contribution is 0.0953. The van der Waals surface area contributed by atoms with Crippen molar-refractivity contribution in [3.05, 3.63) is 91.0 Å². The molecule has 0 radical (unpaired) electrons. The monoisotopic (exact) mass is 888 g/mol. The lowest BCUT2D eigenvalue weighted by Gasteiger charge is -2.37. The summed E-state index contributed by atoms with van der Waals surface area (Å²) in [5, 5.41) is 0. The zero-order valence-electron chi connectivity index (χ0n) is 40.3. The molecule has 0 amide bonds. The van der Waals surface area contributed by atoms with Crippen LogP contribution in [0.1, 0.15) is 221 Å². The predicted molar refractivity (Wildman–Crippen MR) is 256 cm³/mol. The molecule has 5 aliphatic rings. The average molecular weight is 888 g/mol. The third kappa shape index (κ3) is 8.27. The summed E-state index contributed by atoms with van der Waals surface area (Å²) in [6, 6.07) is 9.83. The van der Waals surface area contributed by atoms with E-state index >= 15 is 0 Å². The van der Waals surface area contributed by atoms with E-state index in [0.717, 1.165) is 182 Å². The fourth-order valence-electron chi connectivity index (χ4n) is 11.9. The van der Waals surface area contributed by atoms with E-state index in [4.69, 9.17) is 43.6 Å². The van der Waals surface area contributed by atoms with Gasteiger partial charge in [0.15, 0.2) is 0 Å². The van der Waals surface area contributed by atoms with Gasteiger partial charge in [-0.05, 0) is 70.7 Å². The molecule has 65 heavy (non-hydrogen) atoms. The molecule has 350 valence electrons. The molecule has 4 aromatic carbocycles. The number of unbranched alkanes of at least 4 members (excludes halogenated alkanes) is 8. The summed E-state index contributed by atoms with van der Waals surface area (Å²) in [6.07, 6.45) is 17.0. The molecule has 9 heteroatoms. The van der Waals surface area contributed by atoms with Gasteiger partial charge >= 0.3 is 0 Å². The van der Waals surface area contributed by atoms with Crippen LogP contribution < -0.4 is 43.6 Å². The highest BCUT2D eigenvalue weighted by molar-refractivity contribution is 5.69. The Morgan fingerprint density at radius 2 is 0.569 bits per heavy atom. The maximum atomic E-state index is 6.88. The highest BCUT2D eigenvalue weighted by Crippen LogP contribution is 2.58. The zero-order chi connectivity index (χ0) is 45.2. The number of ether oxygens (including phenoxy) is 8. The Hall–Kier alpha value is -4.76. The molecule has 0 aromatic heterocycles. The number of hydrogen-bond acceptors (Lipinski definition) is 9. The highest BCUT2D eigenvalue weighted by atomic mass is 16.7. The van der Waals surface area contributed by atoms with Gasteiger partial charge in [0.2, 0.25) is 27.2 Å². The van der Waals surface area contributed by atoms with Crippen molar-refractivity contribution in [3.63, 3.8) is 0 Å². The Balaban J connectivity index is 1.45. The molecule has 1 aliphatic carbocycles. The van der Waals surface area contributed by atoms with Gasteiger partial charge in [-0.3, -0.25) is 0 Å². The van der Waals surface area contributed by atoms with E-state index in [9.17, 15) is 0 Å². The van der Waals surface area contributed by atoms with Crippen LogP contribution in [-0.4, -0.2) is 27.2 Å². The topological polar surface area (TPSA) is 99.9 Å². The average Bonchev–Trinajstić information content (AvgIpc) is 3.28. The predicted octanol–water partition coefficient (Wildman–Crippen LogP) is 14.1. The van der Waals surface area contributed by atoms with Gasteiger partial charge in [-0.25, -0.2) is 0 Å². The molecule has 4 atom stereocenters. The maximum Gasteiger partial charge on any atom is 0.230 e. The summed E-state index contributed by atoms with van der Waals surface area (Å²) in [4.78, 5) is 0. The molecule has 9 nitrogen and oxygen atoms in total. The summed E-state index contributed by atoms with van der Waals surface area (Å²) >= 11 is 0. The van der Waals surface area contributed by atoms with Crippen LogP contribution in [0, 0.1) is 20.8 Å². The molecule has 0 fully saturated rings. The van der Waals surface area contributed by atoms with Crippen LogP contribution in [0.5, 0.6) is 46.0 Å². The molecule has 0 spiro atoms. The first-order valence-electron chi connectivity index (χ1n) is 25.3. The Bertz CT molecular complexity index is 2220. The molecule has 4 aliphatic heterocycles. The summed E-state index contributed by atoms with van der Waals surface area (Å²) in [5.41, 5.74) is 20.2. The quantitative estimate of drug-likeness (QED) is 0.104. The van der Waals surface area contributed by atoms with Gasteiger partial charge in [0.05, 0.1) is 5.56 Å². The van der Waals surface area contributed by atoms with E-state index in [0.29, 0.717) is 0 Å². The minimum Gasteiger partial charge on any atom is -0.457 e. The third-order valence-electron chi connectivity index (χ3n) is 15.2. The van der Waals surface area contributed by atoms with Crippen LogP contribution in [0.2, 0.25) is 0 Å². The second-order valence-corrected chi connectivity index (χ2v) is 19.2. The van der Waals surface area contributed by atoms with Gasteiger partial charge < -0.3 is 43.6 Å². The smallest absolute Gasteiger partial charge is 0.230 e. The standard InChI is InChI=1S/C56H73NO8/c1-8-12-16-20-36-40-24-41-37(21-17-13-9-2)43-26-45-39(23-19-15-11-4)47-27-46-38(22-18-14-10-3)44-25-42(36)51-34(6)53(44)62-31-64-55(46)48(28-57)56(47)65-32-63-54(45)35(7)52(43)61-30-59-50(41)33(5)49(40)58-29-60-51/h24-27,36-39H,8-23,28-32,57H2,1-7H3. The first kappa shape index (κ1) is 45.4. The lowest BCUT2D eigenvalue weighted by atomic mass is 9.74. The van der Waals surface area contributed by atoms with Gasteiger partial charge in [-0.2, -0.15) is 0 Å². The van der Waals surface area contributed by atoms with Crippen molar-refractivity contribution in [3.8, 4) is 46.0 Å². The molecule has 9 rings (SSSR count). The van der Waals surface area contributed by atoms with Crippen molar-refractivity contribution >= 4 is 0 Å². The van der Waals surface area contributed by atoms with E-state index in [1.165, 1.54) is 33.4 Å². The largest absolute Gasteiger partial charge is 0.457 e. The molecule has 4 unspecified atom stereocenters. The first-order chi connectivity index (χ1) is 31.8. The van der Waals surface area contributed by atoms with Gasteiger partial charge in [0.25, 0.3) is 0 Å². The van der Waals surface area contributed by atoms with Crippen LogP contribution in [0.4, 0.5) is 0 Å². The Morgan fingerprint density at radius 3 is 0.785 bits per heavy atom. The maximum absolute atomic E-state index is 6.88. The Labute approximate surface area is 387 Å². The van der Waals surface area contributed by atoms with Crippen molar-refractivity contribution in [2.75, 3.05) is 27.2 Å². The number of benzene rings is 4. The Morgan fingerprint density at radius 1 is 0.354 bits per heavy atom. The van der Waals surface area contributed by atoms with Gasteiger partial charge in [-0.15, -0.1) is 0 Å². The first-order valence-corrected chi connectivity index (χ1v) is 25.3. The third-order valence-corrected chi connectivity index (χ3v) is 15.2. The van der Waals surface area contributed by atoms with Gasteiger partial charge in [0.1, 0.15) is 46.0 Å². The molecule has 0 saturated heterocycles. The van der Waals surface area contributed by atoms with Crippen LogP contribution in [-0.2, 0) is 6.54 Å². The van der Waals surface area contributed by atoms with E-state index < -0.39 is 0 Å². The minimum atomic E-state index is -0.0380. The number of rotatable bonds is 17. The molecular formula is C56H73NO8. The summed E-state index contributed by atoms with van der Waals surface area (Å²) < 4.78 is 54.4. The molecule has 8 bridgehead atoms. The van der Waals surface area contributed by atoms with Crippen LogP contribution in [0.15, 0.2) is 24.3 Å². The molecule has 0 saturated carbocycles. The van der Waals surface area contributed by atoms with Crippen LogP contribution in [0.3, 0.4) is 0 Å². The van der Waals surface area contributed by atoms with E-state index in [2.05, 4.69) is 72.7 Å². The van der Waals surface area contributed by atoms with Crippen molar-refractivity contribution in [2.24, 2.45) is 5.73 Å². The fraction of sp³-hybridized carbons (Fsp3) is 0.571. The van der Waals surface area contributed by atoms with Crippen molar-refractivity contribution in [2.45, 2.75) is 181 Å². The van der Waals surface area contributed by atoms with Crippen molar-refractivity contribution in [1.29, 1.82) is 0 Å². The molecular weight excluding hydrogens is 815 g/mol. The van der Waals surface area contributed by atoms with E-state index in [-0.39, 0.29) is 57.4 Å². The van der Waals surface area contributed by atoms with Crippen molar-refractivity contribution < 1.29 is 37.9 Å². The lowest BCUT2D eigenvalue weighted by Crippen LogP contribution is -2.25. The SMILES string of the molecule is CCCCCC1c2cc3c4c(C)c2OCOc2c1cc1c(c2C)OCOc2c(cc5c(c2CN)OCOc2c(cc(c(c2C)OCO4)C3CCCCC)C5CCCCC)C1CCCCC. The summed E-state index contributed by atoms with van der Waals surface area (Å²) in [7, 11) is 0. The molecule has 2 N–H and O–H groups in total. The van der Waals surface area contributed by atoms with E-state index in [1.807, 2.05) is 0 Å². The second-order valence-electron chi connectivity index (χ2n) is 19.2. The second kappa shape index (κ2) is 20.0. The van der Waals surface area contributed by atoms with Gasteiger partial charge in [0, 0.05) is 91.4 Å². The zero-order valence-corrected chi connectivity index (χ0v) is 40.3. The van der Waals surface area contributed by atoms with Crippen LogP contribution in [0.25, 0.3) is 0 Å².